The van der Waals surface area contributed by atoms with E-state index in [-0.39, 0.29) is 11.3 Å². The summed E-state index contributed by atoms with van der Waals surface area (Å²) < 4.78 is 14.2. The Bertz CT molecular complexity index is 1870. The van der Waals surface area contributed by atoms with Crippen LogP contribution in [0.25, 0.3) is 21.6 Å². The number of amides is 1. The molecule has 0 spiro atoms. The van der Waals surface area contributed by atoms with Crippen LogP contribution in [0.15, 0.2) is 66.4 Å². The van der Waals surface area contributed by atoms with Crippen LogP contribution in [0.4, 0.5) is 5.13 Å². The largest absolute Gasteiger partial charge is 0.505 e. The number of Topliss-reactive ketones (excluding diaryl/α,β-unsaturated/α-hetero) is 1. The zero-order chi connectivity index (χ0) is 28.8. The van der Waals surface area contributed by atoms with Crippen LogP contribution < -0.4 is 14.4 Å². The Morgan fingerprint density at radius 2 is 1.76 bits per heavy atom. The van der Waals surface area contributed by atoms with Gasteiger partial charge in [-0.3, -0.25) is 18.9 Å². The number of carbonyl (C=O) groups is 2. The van der Waals surface area contributed by atoms with E-state index in [9.17, 15) is 14.7 Å². The topological polar surface area (TPSA) is 106 Å². The molecule has 10 heteroatoms. The standard InChI is InChI=1S/C31H28N4O5S/c1-5-39-21-13-11-19(16-22(21)40-6-2)27-25(28(36)26-18(4)32-24-9-7-8-14-34(24)26)29(37)30(38)35(27)31-33-20-12-10-17(3)15-23(20)41-31/h7-16,27,36H,5-6H2,1-4H3/b28-25+. The molecule has 208 valence electrons. The molecule has 9 nitrogen and oxygen atoms in total. The molecule has 1 saturated heterocycles. The van der Waals surface area contributed by atoms with Crippen molar-refractivity contribution in [3.05, 3.63) is 88.9 Å². The number of hydrogen-bond acceptors (Lipinski definition) is 8. The predicted molar refractivity (Wildman–Crippen MR) is 158 cm³/mol. The van der Waals surface area contributed by atoms with E-state index >= 15 is 0 Å². The molecule has 1 unspecified atom stereocenters. The van der Waals surface area contributed by atoms with Crippen molar-refractivity contribution in [3.63, 3.8) is 0 Å². The number of aliphatic hydroxyl groups is 1. The summed E-state index contributed by atoms with van der Waals surface area (Å²) in [5, 5.41) is 12.2. The van der Waals surface area contributed by atoms with Gasteiger partial charge in [-0.05, 0) is 75.2 Å². The average molecular weight is 569 g/mol. The molecular weight excluding hydrogens is 540 g/mol. The van der Waals surface area contributed by atoms with Gasteiger partial charge in [0.25, 0.3) is 5.78 Å². The lowest BCUT2D eigenvalue weighted by Gasteiger charge is -2.24. The Balaban J connectivity index is 1.61. The van der Waals surface area contributed by atoms with E-state index in [0.717, 1.165) is 15.8 Å². The van der Waals surface area contributed by atoms with Crippen LogP contribution in [0.3, 0.4) is 0 Å². The first-order chi connectivity index (χ1) is 19.8. The molecule has 0 radical (unpaired) electrons. The van der Waals surface area contributed by atoms with E-state index in [1.807, 2.05) is 57.2 Å². The van der Waals surface area contributed by atoms with Crippen molar-refractivity contribution in [2.45, 2.75) is 33.7 Å². The minimum atomic E-state index is -0.972. The first-order valence-electron chi connectivity index (χ1n) is 13.3. The number of aryl methyl sites for hydroxylation is 2. The van der Waals surface area contributed by atoms with Gasteiger partial charge in [0.15, 0.2) is 22.4 Å². The van der Waals surface area contributed by atoms with Gasteiger partial charge in [0.2, 0.25) is 0 Å². The minimum absolute atomic E-state index is 0.0502. The number of rotatable bonds is 7. The number of aliphatic hydroxyl groups excluding tert-OH is 1. The zero-order valence-electron chi connectivity index (χ0n) is 23.0. The third kappa shape index (κ3) is 4.40. The highest BCUT2D eigenvalue weighted by Gasteiger charge is 2.49. The fourth-order valence-electron chi connectivity index (χ4n) is 5.23. The lowest BCUT2D eigenvalue weighted by molar-refractivity contribution is -0.132. The smallest absolute Gasteiger partial charge is 0.301 e. The fourth-order valence-corrected chi connectivity index (χ4v) is 6.32. The van der Waals surface area contributed by atoms with Crippen LogP contribution >= 0.6 is 11.3 Å². The maximum Gasteiger partial charge on any atom is 0.301 e. The molecule has 1 fully saturated rings. The van der Waals surface area contributed by atoms with Crippen molar-refractivity contribution in [2.24, 2.45) is 0 Å². The van der Waals surface area contributed by atoms with Crippen LogP contribution in [0.5, 0.6) is 11.5 Å². The highest BCUT2D eigenvalue weighted by molar-refractivity contribution is 7.22. The summed E-state index contributed by atoms with van der Waals surface area (Å²) in [6.45, 7) is 8.32. The number of thiazole rings is 1. The molecule has 4 heterocycles. The summed E-state index contributed by atoms with van der Waals surface area (Å²) in [6, 6.07) is 15.6. The van der Waals surface area contributed by atoms with E-state index in [0.29, 0.717) is 52.4 Å². The van der Waals surface area contributed by atoms with Crippen molar-refractivity contribution in [2.75, 3.05) is 18.1 Å². The number of nitrogens with zero attached hydrogens (tertiary/aromatic N) is 4. The van der Waals surface area contributed by atoms with Crippen molar-refractivity contribution in [3.8, 4) is 11.5 Å². The van der Waals surface area contributed by atoms with Crippen LogP contribution in [0.1, 0.15) is 42.4 Å². The number of benzene rings is 2. The molecule has 0 saturated carbocycles. The third-order valence-electron chi connectivity index (χ3n) is 6.99. The highest BCUT2D eigenvalue weighted by atomic mass is 32.1. The molecule has 1 aliphatic heterocycles. The van der Waals surface area contributed by atoms with Gasteiger partial charge in [-0.2, -0.15) is 0 Å². The van der Waals surface area contributed by atoms with Gasteiger partial charge in [-0.25, -0.2) is 9.97 Å². The van der Waals surface area contributed by atoms with Gasteiger partial charge in [-0.1, -0.05) is 29.5 Å². The lowest BCUT2D eigenvalue weighted by Crippen LogP contribution is -2.29. The highest BCUT2D eigenvalue weighted by Crippen LogP contribution is 2.46. The van der Waals surface area contributed by atoms with E-state index in [1.54, 1.807) is 35.7 Å². The SMILES string of the molecule is CCOc1ccc(C2/C(=C(\O)c3c(C)nc4ccccn34)C(=O)C(=O)N2c2nc3ccc(C)cc3s2)cc1OCC. The Morgan fingerprint density at radius 3 is 2.54 bits per heavy atom. The molecule has 6 rings (SSSR count). The molecule has 1 amide bonds. The van der Waals surface area contributed by atoms with Gasteiger partial charge in [0.1, 0.15) is 11.3 Å². The van der Waals surface area contributed by atoms with E-state index in [1.165, 1.54) is 16.2 Å². The number of hydrogen-bond donors (Lipinski definition) is 1. The fraction of sp³-hybridized carbons (Fsp3) is 0.226. The molecule has 5 aromatic rings. The number of carbonyl (C=O) groups excluding carboxylic acids is 2. The zero-order valence-corrected chi connectivity index (χ0v) is 23.9. The number of aromatic nitrogens is 3. The summed E-state index contributed by atoms with van der Waals surface area (Å²) in [4.78, 5) is 38.2. The quantitative estimate of drug-likeness (QED) is 0.146. The molecule has 1 atom stereocenters. The number of fused-ring (bicyclic) bond motifs is 2. The maximum absolute atomic E-state index is 13.8. The average Bonchev–Trinajstić information content (AvgIpc) is 3.60. The molecule has 3 aromatic heterocycles. The first-order valence-corrected chi connectivity index (χ1v) is 14.2. The molecule has 1 aliphatic rings. The van der Waals surface area contributed by atoms with Crippen molar-refractivity contribution < 1.29 is 24.2 Å². The van der Waals surface area contributed by atoms with Crippen LogP contribution in [-0.4, -0.2) is 44.4 Å². The van der Waals surface area contributed by atoms with Crippen molar-refractivity contribution >= 4 is 49.8 Å². The van der Waals surface area contributed by atoms with Gasteiger partial charge in [0, 0.05) is 6.20 Å². The van der Waals surface area contributed by atoms with E-state index in [2.05, 4.69) is 4.98 Å². The van der Waals surface area contributed by atoms with Crippen LogP contribution in [0.2, 0.25) is 0 Å². The summed E-state index contributed by atoms with van der Waals surface area (Å²) in [6.07, 6.45) is 1.76. The molecule has 1 N–H and O–H groups in total. The maximum atomic E-state index is 13.8. The van der Waals surface area contributed by atoms with E-state index < -0.39 is 17.7 Å². The normalized spacial score (nSPS) is 16.7. The monoisotopic (exact) mass is 568 g/mol. The second-order valence-corrected chi connectivity index (χ2v) is 10.7. The van der Waals surface area contributed by atoms with Crippen molar-refractivity contribution in [1.29, 1.82) is 0 Å². The van der Waals surface area contributed by atoms with Crippen molar-refractivity contribution in [1.82, 2.24) is 14.4 Å². The number of ketones is 1. The molecule has 0 aliphatic carbocycles. The molecular formula is C31H28N4O5S. The Labute approximate surface area is 240 Å². The Hall–Kier alpha value is -4.70. The van der Waals surface area contributed by atoms with Gasteiger partial charge >= 0.3 is 5.91 Å². The number of pyridine rings is 1. The van der Waals surface area contributed by atoms with Crippen LogP contribution in [-0.2, 0) is 9.59 Å². The Kier molecular flexibility index (Phi) is 6.70. The summed E-state index contributed by atoms with van der Waals surface area (Å²) >= 11 is 1.32. The summed E-state index contributed by atoms with van der Waals surface area (Å²) in [5.41, 5.74) is 3.78. The minimum Gasteiger partial charge on any atom is -0.505 e. The second-order valence-electron chi connectivity index (χ2n) is 9.68. The van der Waals surface area contributed by atoms with Crippen LogP contribution in [0, 0.1) is 13.8 Å². The first kappa shape index (κ1) is 26.5. The summed E-state index contributed by atoms with van der Waals surface area (Å²) in [5.74, 6) is -0.868. The number of ether oxygens (including phenoxy) is 2. The lowest BCUT2D eigenvalue weighted by atomic mass is 9.96. The molecule has 41 heavy (non-hydrogen) atoms. The Morgan fingerprint density at radius 1 is 0.976 bits per heavy atom. The van der Waals surface area contributed by atoms with Gasteiger partial charge in [0.05, 0.1) is 40.7 Å². The molecule has 2 aromatic carbocycles. The summed E-state index contributed by atoms with van der Waals surface area (Å²) in [7, 11) is 0. The van der Waals surface area contributed by atoms with Gasteiger partial charge in [-0.15, -0.1) is 0 Å². The number of imidazole rings is 1. The third-order valence-corrected chi connectivity index (χ3v) is 8.01. The molecule has 0 bridgehead atoms. The second kappa shape index (κ2) is 10.4. The van der Waals surface area contributed by atoms with Gasteiger partial charge < -0.3 is 14.6 Å². The predicted octanol–water partition coefficient (Wildman–Crippen LogP) is 5.98. The number of anilines is 1. The van der Waals surface area contributed by atoms with E-state index in [4.69, 9.17) is 14.5 Å².